The Morgan fingerprint density at radius 1 is 1.22 bits per heavy atom. The van der Waals surface area contributed by atoms with Crippen LogP contribution in [-0.2, 0) is 19.1 Å². The highest BCUT2D eigenvalue weighted by Crippen LogP contribution is 2.33. The number of hydrogen-bond donors (Lipinski definition) is 0. The van der Waals surface area contributed by atoms with E-state index in [0.29, 0.717) is 4.90 Å². The van der Waals surface area contributed by atoms with Gasteiger partial charge in [0.25, 0.3) is 11.8 Å². The van der Waals surface area contributed by atoms with Gasteiger partial charge in [0, 0.05) is 31.3 Å². The number of imide groups is 3. The Bertz CT molecular complexity index is 897. The van der Waals surface area contributed by atoms with Crippen molar-refractivity contribution >= 4 is 23.8 Å². The first kappa shape index (κ1) is 23.7. The zero-order valence-electron chi connectivity index (χ0n) is 17.6. The lowest BCUT2D eigenvalue weighted by molar-refractivity contribution is -0.137. The Balaban J connectivity index is 1.67. The fourth-order valence-electron chi connectivity index (χ4n) is 3.96. The minimum absolute atomic E-state index is 0.0889. The third-order valence-corrected chi connectivity index (χ3v) is 5.81. The standard InChI is InChI=1S/C20H23F3N4O5/c1-19(2,26-6-5-20(22,23)11-26)7-12(8-24)17(30)25-9-13(21)14(10-25)32-18(31)27-15(28)3-4-16(27)29/h7,13-14H,3-6,9-11H2,1-2H3/t13-,14-/m0/s1. The minimum atomic E-state index is -2.85. The van der Waals surface area contributed by atoms with Crippen LogP contribution in [0, 0.1) is 11.3 Å². The number of rotatable bonds is 4. The van der Waals surface area contributed by atoms with Gasteiger partial charge < -0.3 is 9.64 Å². The summed E-state index contributed by atoms with van der Waals surface area (Å²) in [5.41, 5.74) is -1.38. The average molecular weight is 456 g/mol. The zero-order valence-corrected chi connectivity index (χ0v) is 17.6. The van der Waals surface area contributed by atoms with E-state index in [0.717, 1.165) is 4.90 Å². The molecular formula is C20H23F3N4O5. The topological polar surface area (TPSA) is 111 Å². The Labute approximate surface area is 182 Å². The quantitative estimate of drug-likeness (QED) is 0.357. The van der Waals surface area contributed by atoms with Crippen molar-refractivity contribution < 1.29 is 37.1 Å². The first-order valence-corrected chi connectivity index (χ1v) is 10.1. The summed E-state index contributed by atoms with van der Waals surface area (Å²) >= 11 is 0. The fraction of sp³-hybridized carbons (Fsp3) is 0.650. The molecule has 3 saturated heterocycles. The summed E-state index contributed by atoms with van der Waals surface area (Å²) in [5.74, 6) is -5.18. The molecule has 0 aromatic carbocycles. The number of carbonyl (C=O) groups is 4. The molecule has 0 aromatic heterocycles. The van der Waals surface area contributed by atoms with Crippen LogP contribution in [0.3, 0.4) is 0 Å². The lowest BCUT2D eigenvalue weighted by Crippen LogP contribution is -2.43. The highest BCUT2D eigenvalue weighted by Gasteiger charge is 2.45. The van der Waals surface area contributed by atoms with E-state index < -0.39 is 60.6 Å². The highest BCUT2D eigenvalue weighted by atomic mass is 19.3. The summed E-state index contributed by atoms with van der Waals surface area (Å²) in [6, 6.07) is 1.73. The molecule has 3 aliphatic rings. The lowest BCUT2D eigenvalue weighted by Gasteiger charge is -2.33. The van der Waals surface area contributed by atoms with E-state index in [9.17, 15) is 37.6 Å². The largest absolute Gasteiger partial charge is 0.440 e. The van der Waals surface area contributed by atoms with Gasteiger partial charge in [0.1, 0.15) is 11.6 Å². The number of alkyl halides is 3. The number of ether oxygens (including phenoxy) is 1. The molecule has 0 N–H and O–H groups in total. The van der Waals surface area contributed by atoms with Crippen LogP contribution in [0.5, 0.6) is 0 Å². The van der Waals surface area contributed by atoms with Crippen molar-refractivity contribution in [2.75, 3.05) is 26.2 Å². The van der Waals surface area contributed by atoms with Crippen LogP contribution in [0.15, 0.2) is 11.6 Å². The van der Waals surface area contributed by atoms with E-state index in [1.807, 2.05) is 0 Å². The van der Waals surface area contributed by atoms with Gasteiger partial charge in [0.05, 0.1) is 19.6 Å². The van der Waals surface area contributed by atoms with Gasteiger partial charge in [-0.1, -0.05) is 0 Å². The van der Waals surface area contributed by atoms with E-state index in [-0.39, 0.29) is 37.9 Å². The van der Waals surface area contributed by atoms with E-state index in [1.165, 1.54) is 11.0 Å². The maximum Gasteiger partial charge on any atom is 0.423 e. The molecule has 0 radical (unpaired) electrons. The van der Waals surface area contributed by atoms with Gasteiger partial charge in [-0.15, -0.1) is 0 Å². The summed E-state index contributed by atoms with van der Waals surface area (Å²) in [4.78, 5) is 50.8. The van der Waals surface area contributed by atoms with Crippen LogP contribution in [0.2, 0.25) is 0 Å². The van der Waals surface area contributed by atoms with Gasteiger partial charge in [-0.05, 0) is 19.9 Å². The van der Waals surface area contributed by atoms with E-state index in [2.05, 4.69) is 0 Å². The van der Waals surface area contributed by atoms with Gasteiger partial charge in [-0.3, -0.25) is 19.3 Å². The summed E-state index contributed by atoms with van der Waals surface area (Å²) in [7, 11) is 0. The van der Waals surface area contributed by atoms with Crippen molar-refractivity contribution in [2.24, 2.45) is 0 Å². The predicted octanol–water partition coefficient (Wildman–Crippen LogP) is 1.39. The van der Waals surface area contributed by atoms with E-state index in [1.54, 1.807) is 19.9 Å². The van der Waals surface area contributed by atoms with Crippen molar-refractivity contribution in [3.8, 4) is 6.07 Å². The molecule has 0 aliphatic carbocycles. The van der Waals surface area contributed by atoms with Crippen LogP contribution < -0.4 is 0 Å². The van der Waals surface area contributed by atoms with Crippen LogP contribution in [0.25, 0.3) is 0 Å². The first-order valence-electron chi connectivity index (χ1n) is 10.1. The SMILES string of the molecule is CC(C)(C=C(C#N)C(=O)N1C[C@H](OC(=O)N2C(=O)CCC2=O)[C@@H](F)C1)N1CCC(F)(F)C1. The summed E-state index contributed by atoms with van der Waals surface area (Å²) < 4.78 is 46.5. The Hall–Kier alpha value is -2.94. The molecule has 0 aromatic rings. The molecule has 0 bridgehead atoms. The second-order valence-electron chi connectivity index (χ2n) is 8.62. The van der Waals surface area contributed by atoms with Crippen molar-refractivity contribution in [3.05, 3.63) is 11.6 Å². The number of hydrogen-bond acceptors (Lipinski definition) is 7. The smallest absolute Gasteiger partial charge is 0.423 e. The molecule has 0 unspecified atom stereocenters. The van der Waals surface area contributed by atoms with Gasteiger partial charge in [0.15, 0.2) is 12.3 Å². The van der Waals surface area contributed by atoms with Gasteiger partial charge in [0.2, 0.25) is 11.8 Å². The van der Waals surface area contributed by atoms with Crippen molar-refractivity contribution in [3.63, 3.8) is 0 Å². The normalized spacial score (nSPS) is 26.6. The van der Waals surface area contributed by atoms with Crippen LogP contribution in [0.1, 0.15) is 33.1 Å². The molecule has 3 fully saturated rings. The molecular weight excluding hydrogens is 433 g/mol. The molecule has 4 amide bonds. The highest BCUT2D eigenvalue weighted by molar-refractivity contribution is 6.13. The molecule has 0 spiro atoms. The lowest BCUT2D eigenvalue weighted by atomic mass is 9.99. The number of likely N-dealkylation sites (tertiary alicyclic amines) is 3. The molecule has 3 rings (SSSR count). The molecule has 3 aliphatic heterocycles. The third kappa shape index (κ3) is 4.77. The first-order chi connectivity index (χ1) is 14.8. The second kappa shape index (κ2) is 8.54. The van der Waals surface area contributed by atoms with Crippen molar-refractivity contribution in [2.45, 2.75) is 56.8 Å². The average Bonchev–Trinajstić information content (AvgIpc) is 3.36. The Kier molecular flexibility index (Phi) is 6.33. The summed E-state index contributed by atoms with van der Waals surface area (Å²) in [6.07, 6.45) is -3.85. The maximum absolute atomic E-state index is 14.4. The monoisotopic (exact) mass is 456 g/mol. The van der Waals surface area contributed by atoms with Crippen molar-refractivity contribution in [1.82, 2.24) is 14.7 Å². The summed E-state index contributed by atoms with van der Waals surface area (Å²) in [6.45, 7) is 1.91. The number of amides is 4. The molecule has 0 saturated carbocycles. The van der Waals surface area contributed by atoms with Gasteiger partial charge in [-0.25, -0.2) is 18.0 Å². The maximum atomic E-state index is 14.4. The van der Waals surface area contributed by atoms with E-state index >= 15 is 0 Å². The number of nitrogens with zero attached hydrogens (tertiary/aromatic N) is 4. The van der Waals surface area contributed by atoms with Crippen LogP contribution in [0.4, 0.5) is 18.0 Å². The molecule has 12 heteroatoms. The third-order valence-electron chi connectivity index (χ3n) is 5.81. The number of carbonyl (C=O) groups excluding carboxylic acids is 4. The molecule has 2 atom stereocenters. The Morgan fingerprint density at radius 2 is 1.84 bits per heavy atom. The van der Waals surface area contributed by atoms with Crippen LogP contribution >= 0.6 is 0 Å². The Morgan fingerprint density at radius 3 is 2.38 bits per heavy atom. The van der Waals surface area contributed by atoms with E-state index in [4.69, 9.17) is 4.74 Å². The second-order valence-corrected chi connectivity index (χ2v) is 8.62. The number of nitriles is 1. The van der Waals surface area contributed by atoms with Crippen molar-refractivity contribution in [1.29, 1.82) is 5.26 Å². The zero-order chi connectivity index (χ0) is 23.8. The molecule has 174 valence electrons. The minimum Gasteiger partial charge on any atom is -0.440 e. The van der Waals surface area contributed by atoms with Crippen LogP contribution in [-0.4, -0.2) is 88.4 Å². The molecule has 32 heavy (non-hydrogen) atoms. The predicted molar refractivity (Wildman–Crippen MR) is 102 cm³/mol. The molecule has 9 nitrogen and oxygen atoms in total. The fourth-order valence-corrected chi connectivity index (χ4v) is 3.96. The van der Waals surface area contributed by atoms with Gasteiger partial charge in [-0.2, -0.15) is 10.2 Å². The summed E-state index contributed by atoms with van der Waals surface area (Å²) in [5, 5.41) is 9.45. The number of halogens is 3. The van der Waals surface area contributed by atoms with Gasteiger partial charge >= 0.3 is 6.09 Å². The molecule has 3 heterocycles.